The summed E-state index contributed by atoms with van der Waals surface area (Å²) in [6, 6.07) is 0. The molecule has 0 heterocycles. The predicted octanol–water partition coefficient (Wildman–Crippen LogP) is -0.612. The van der Waals surface area contributed by atoms with Crippen molar-refractivity contribution in [3.05, 3.63) is 0 Å². The summed E-state index contributed by atoms with van der Waals surface area (Å²) in [4.78, 5) is 21.0. The molecule has 0 radical (unpaired) electrons. The highest BCUT2D eigenvalue weighted by molar-refractivity contribution is 5.67. The molecule has 0 spiro atoms. The van der Waals surface area contributed by atoms with Crippen LogP contribution in [-0.2, 0) is 14.3 Å². The standard InChI is InChI=1S/C11H21NO6/c1-12(2,3)6-9(5-11(16)17)18-7-8(13)4-10(14)15/h8-9,13H,4-7H2,1-3H3,(H-,14,15,16,17)/p+1/t8?,9-/m1/s1. The first-order valence-electron chi connectivity index (χ1n) is 5.64. The van der Waals surface area contributed by atoms with Crippen LogP contribution in [0.1, 0.15) is 12.8 Å². The summed E-state index contributed by atoms with van der Waals surface area (Å²) in [5.74, 6) is -2.10. The van der Waals surface area contributed by atoms with Crippen LogP contribution in [0.2, 0.25) is 0 Å². The third kappa shape index (κ3) is 10.0. The fourth-order valence-corrected chi connectivity index (χ4v) is 1.49. The Kier molecular flexibility index (Phi) is 6.82. The molecule has 0 aliphatic carbocycles. The second-order valence-corrected chi connectivity index (χ2v) is 5.28. The molecule has 7 nitrogen and oxygen atoms in total. The number of hydrogen-bond donors (Lipinski definition) is 3. The van der Waals surface area contributed by atoms with E-state index in [9.17, 15) is 14.7 Å². The van der Waals surface area contributed by atoms with Crippen molar-refractivity contribution in [1.82, 2.24) is 0 Å². The van der Waals surface area contributed by atoms with E-state index in [4.69, 9.17) is 14.9 Å². The lowest BCUT2D eigenvalue weighted by molar-refractivity contribution is -0.873. The molecule has 106 valence electrons. The summed E-state index contributed by atoms with van der Waals surface area (Å²) in [7, 11) is 5.68. The van der Waals surface area contributed by atoms with Gasteiger partial charge in [-0.3, -0.25) is 9.59 Å². The van der Waals surface area contributed by atoms with E-state index in [0.29, 0.717) is 11.0 Å². The molecule has 7 heteroatoms. The molecule has 0 amide bonds. The molecule has 3 N–H and O–H groups in total. The van der Waals surface area contributed by atoms with E-state index in [2.05, 4.69) is 0 Å². The van der Waals surface area contributed by atoms with Gasteiger partial charge in [-0.1, -0.05) is 0 Å². The second-order valence-electron chi connectivity index (χ2n) is 5.28. The van der Waals surface area contributed by atoms with Crippen molar-refractivity contribution in [2.75, 3.05) is 34.3 Å². The van der Waals surface area contributed by atoms with E-state index < -0.39 is 30.6 Å². The van der Waals surface area contributed by atoms with Gasteiger partial charge in [0.05, 0.1) is 46.7 Å². The van der Waals surface area contributed by atoms with Crippen molar-refractivity contribution in [1.29, 1.82) is 0 Å². The van der Waals surface area contributed by atoms with Gasteiger partial charge in [0.15, 0.2) is 0 Å². The van der Waals surface area contributed by atoms with Crippen LogP contribution in [0.5, 0.6) is 0 Å². The van der Waals surface area contributed by atoms with Gasteiger partial charge in [-0.05, 0) is 0 Å². The average molecular weight is 264 g/mol. The van der Waals surface area contributed by atoms with Gasteiger partial charge in [-0.15, -0.1) is 0 Å². The molecule has 0 bridgehead atoms. The van der Waals surface area contributed by atoms with Crippen LogP contribution in [0.25, 0.3) is 0 Å². The minimum atomic E-state index is -1.12. The van der Waals surface area contributed by atoms with Crippen LogP contribution in [0.15, 0.2) is 0 Å². The van der Waals surface area contributed by atoms with Crippen LogP contribution >= 0.6 is 0 Å². The molecule has 18 heavy (non-hydrogen) atoms. The number of carbonyl (C=O) groups is 2. The topological polar surface area (TPSA) is 104 Å². The number of ether oxygens (including phenoxy) is 1. The van der Waals surface area contributed by atoms with Crippen molar-refractivity contribution in [3.63, 3.8) is 0 Å². The number of nitrogens with zero attached hydrogens (tertiary/aromatic N) is 1. The van der Waals surface area contributed by atoms with Crippen LogP contribution in [0.4, 0.5) is 0 Å². The molecule has 0 aliphatic heterocycles. The van der Waals surface area contributed by atoms with E-state index >= 15 is 0 Å². The molecule has 0 saturated carbocycles. The fraction of sp³-hybridized carbons (Fsp3) is 0.818. The highest BCUT2D eigenvalue weighted by Gasteiger charge is 2.23. The maximum absolute atomic E-state index is 10.7. The van der Waals surface area contributed by atoms with Crippen LogP contribution < -0.4 is 0 Å². The van der Waals surface area contributed by atoms with E-state index in [0.717, 1.165) is 0 Å². The molecular formula is C11H22NO6+. The van der Waals surface area contributed by atoms with Gasteiger partial charge in [0.2, 0.25) is 0 Å². The van der Waals surface area contributed by atoms with Crippen molar-refractivity contribution >= 4 is 11.9 Å². The SMILES string of the molecule is C[N+](C)(C)C[C@@H](CC(=O)O)OCC(O)CC(=O)O. The third-order valence-corrected chi connectivity index (χ3v) is 2.09. The molecule has 2 atom stereocenters. The first kappa shape index (κ1) is 16.8. The van der Waals surface area contributed by atoms with E-state index in [1.165, 1.54) is 0 Å². The maximum Gasteiger partial charge on any atom is 0.306 e. The van der Waals surface area contributed by atoms with Gasteiger partial charge >= 0.3 is 11.9 Å². The van der Waals surface area contributed by atoms with Gasteiger partial charge in [0.25, 0.3) is 0 Å². The normalized spacial score (nSPS) is 15.1. The summed E-state index contributed by atoms with van der Waals surface area (Å²) >= 11 is 0. The van der Waals surface area contributed by atoms with E-state index in [1.54, 1.807) is 0 Å². The molecule has 0 fully saturated rings. The molecule has 0 saturated heterocycles. The van der Waals surface area contributed by atoms with Crippen molar-refractivity contribution in [2.45, 2.75) is 25.0 Å². The van der Waals surface area contributed by atoms with Crippen LogP contribution in [-0.4, -0.2) is 78.2 Å². The molecule has 0 rings (SSSR count). The minimum Gasteiger partial charge on any atom is -0.481 e. The van der Waals surface area contributed by atoms with E-state index in [-0.39, 0.29) is 13.0 Å². The predicted molar refractivity (Wildman–Crippen MR) is 63.2 cm³/mol. The number of aliphatic hydroxyl groups excluding tert-OH is 1. The Hall–Kier alpha value is -1.18. The van der Waals surface area contributed by atoms with Crippen LogP contribution in [0.3, 0.4) is 0 Å². The number of carboxylic acids is 2. The minimum absolute atomic E-state index is 0.171. The lowest BCUT2D eigenvalue weighted by Gasteiger charge is -2.29. The van der Waals surface area contributed by atoms with Crippen molar-refractivity contribution in [3.8, 4) is 0 Å². The molecule has 0 aromatic heterocycles. The molecule has 1 unspecified atom stereocenters. The lowest BCUT2D eigenvalue weighted by Crippen LogP contribution is -2.43. The Morgan fingerprint density at radius 2 is 1.61 bits per heavy atom. The Morgan fingerprint density at radius 3 is 2.00 bits per heavy atom. The average Bonchev–Trinajstić information content (AvgIpc) is 2.09. The zero-order chi connectivity index (χ0) is 14.3. The van der Waals surface area contributed by atoms with Gasteiger partial charge < -0.3 is 24.5 Å². The summed E-state index contributed by atoms with van der Waals surface area (Å²) in [6.07, 6.45) is -2.25. The van der Waals surface area contributed by atoms with Crippen molar-refractivity contribution < 1.29 is 34.1 Å². The maximum atomic E-state index is 10.7. The second kappa shape index (κ2) is 7.30. The Labute approximate surface area is 106 Å². The van der Waals surface area contributed by atoms with Crippen molar-refractivity contribution in [2.24, 2.45) is 0 Å². The quantitative estimate of drug-likeness (QED) is 0.480. The van der Waals surface area contributed by atoms with E-state index in [1.807, 2.05) is 21.1 Å². The number of aliphatic hydroxyl groups is 1. The monoisotopic (exact) mass is 264 g/mol. The summed E-state index contributed by atoms with van der Waals surface area (Å²) in [5, 5.41) is 26.6. The number of likely N-dealkylation sites (N-methyl/N-ethyl adjacent to an activating group) is 1. The summed E-state index contributed by atoms with van der Waals surface area (Å²) in [6.45, 7) is 0.288. The van der Waals surface area contributed by atoms with Gasteiger partial charge in [0, 0.05) is 0 Å². The Balaban J connectivity index is 4.24. The highest BCUT2D eigenvalue weighted by Crippen LogP contribution is 2.06. The smallest absolute Gasteiger partial charge is 0.306 e. The first-order valence-corrected chi connectivity index (χ1v) is 5.64. The Bertz CT molecular complexity index is 286. The van der Waals surface area contributed by atoms with Gasteiger partial charge in [0.1, 0.15) is 12.6 Å². The number of hydrogen-bond acceptors (Lipinski definition) is 4. The highest BCUT2D eigenvalue weighted by atomic mass is 16.5. The van der Waals surface area contributed by atoms with Gasteiger partial charge in [-0.2, -0.15) is 0 Å². The summed E-state index contributed by atoms with van der Waals surface area (Å²) < 4.78 is 5.80. The molecule has 0 aromatic rings. The molecule has 0 aromatic carbocycles. The number of rotatable bonds is 9. The number of carboxylic acid groups (broad SMARTS) is 2. The molecule has 0 aliphatic rings. The van der Waals surface area contributed by atoms with Gasteiger partial charge in [-0.25, -0.2) is 0 Å². The molecular weight excluding hydrogens is 242 g/mol. The number of quaternary nitrogens is 1. The Morgan fingerprint density at radius 1 is 1.11 bits per heavy atom. The lowest BCUT2D eigenvalue weighted by atomic mass is 10.2. The van der Waals surface area contributed by atoms with Crippen LogP contribution in [0, 0.1) is 0 Å². The largest absolute Gasteiger partial charge is 0.481 e. The third-order valence-electron chi connectivity index (χ3n) is 2.09. The zero-order valence-corrected chi connectivity index (χ0v) is 11.0. The summed E-state index contributed by atoms with van der Waals surface area (Å²) in [5.41, 5.74) is 0. The first-order chi connectivity index (χ1) is 8.10. The number of aliphatic carboxylic acids is 2. The zero-order valence-electron chi connectivity index (χ0n) is 11.0. The fourth-order valence-electron chi connectivity index (χ4n) is 1.49.